The highest BCUT2D eigenvalue weighted by molar-refractivity contribution is 6.00. The van der Waals surface area contributed by atoms with E-state index in [1.165, 1.54) is 25.0 Å². The van der Waals surface area contributed by atoms with Gasteiger partial charge in [0.1, 0.15) is 5.82 Å². The molecule has 6 heteroatoms. The highest BCUT2D eigenvalue weighted by atomic mass is 35.5. The summed E-state index contributed by atoms with van der Waals surface area (Å²) in [6, 6.07) is 6.17. The normalized spacial score (nSPS) is 17.1. The van der Waals surface area contributed by atoms with E-state index in [4.69, 9.17) is 0 Å². The van der Waals surface area contributed by atoms with Gasteiger partial charge in [-0.05, 0) is 56.0 Å². The van der Waals surface area contributed by atoms with Crippen LogP contribution >= 0.6 is 12.4 Å². The van der Waals surface area contributed by atoms with Gasteiger partial charge in [0, 0.05) is 24.5 Å². The van der Waals surface area contributed by atoms with Crippen molar-refractivity contribution in [3.05, 3.63) is 48.0 Å². The molecule has 3 N–H and O–H groups in total. The van der Waals surface area contributed by atoms with Crippen molar-refractivity contribution >= 4 is 18.3 Å². The summed E-state index contributed by atoms with van der Waals surface area (Å²) in [5.74, 6) is 0.276. The van der Waals surface area contributed by atoms with E-state index in [-0.39, 0.29) is 24.1 Å². The van der Waals surface area contributed by atoms with E-state index in [0.717, 1.165) is 30.6 Å². The van der Waals surface area contributed by atoms with Crippen LogP contribution in [-0.2, 0) is 0 Å². The lowest BCUT2D eigenvalue weighted by molar-refractivity contribution is 0.0951. The van der Waals surface area contributed by atoms with Crippen LogP contribution in [-0.4, -0.2) is 30.5 Å². The highest BCUT2D eigenvalue weighted by Gasteiger charge is 2.16. The van der Waals surface area contributed by atoms with Gasteiger partial charge in [-0.25, -0.2) is 4.39 Å². The van der Waals surface area contributed by atoms with Crippen LogP contribution in [0.25, 0.3) is 11.1 Å². The van der Waals surface area contributed by atoms with Crippen molar-refractivity contribution in [2.45, 2.75) is 19.3 Å². The molecule has 24 heavy (non-hydrogen) atoms. The molecule has 1 fully saturated rings. The van der Waals surface area contributed by atoms with Crippen molar-refractivity contribution in [1.29, 1.82) is 0 Å². The number of rotatable bonds is 5. The van der Waals surface area contributed by atoms with Gasteiger partial charge in [0.2, 0.25) is 0 Å². The maximum atomic E-state index is 13.0. The lowest BCUT2D eigenvalue weighted by Gasteiger charge is -2.22. The molecule has 3 rings (SSSR count). The molecule has 0 radical (unpaired) electrons. The van der Waals surface area contributed by atoms with Gasteiger partial charge in [-0.3, -0.25) is 4.79 Å². The van der Waals surface area contributed by atoms with E-state index in [0.29, 0.717) is 18.0 Å². The van der Waals surface area contributed by atoms with Crippen molar-refractivity contribution in [1.82, 2.24) is 15.6 Å². The van der Waals surface area contributed by atoms with Gasteiger partial charge in [0.05, 0.1) is 5.56 Å². The minimum atomic E-state index is -0.281. The number of halogens is 2. The minimum absolute atomic E-state index is 0. The van der Waals surface area contributed by atoms with Crippen molar-refractivity contribution in [2.75, 3.05) is 19.6 Å². The van der Waals surface area contributed by atoms with E-state index >= 15 is 0 Å². The van der Waals surface area contributed by atoms with Gasteiger partial charge < -0.3 is 15.6 Å². The number of hydrogen-bond donors (Lipinski definition) is 3. The second-order valence-corrected chi connectivity index (χ2v) is 6.05. The summed E-state index contributed by atoms with van der Waals surface area (Å²) in [6.45, 7) is 2.83. The van der Waals surface area contributed by atoms with Crippen molar-refractivity contribution in [3.63, 3.8) is 0 Å². The van der Waals surface area contributed by atoms with E-state index in [9.17, 15) is 9.18 Å². The van der Waals surface area contributed by atoms with Gasteiger partial charge in [0.15, 0.2) is 0 Å². The van der Waals surface area contributed by atoms with Crippen LogP contribution in [0.5, 0.6) is 0 Å². The Kier molecular flexibility index (Phi) is 6.82. The fraction of sp³-hybridized carbons (Fsp3) is 0.389. The second-order valence-electron chi connectivity index (χ2n) is 6.05. The first-order valence-corrected chi connectivity index (χ1v) is 8.15. The zero-order valence-electron chi connectivity index (χ0n) is 13.5. The maximum absolute atomic E-state index is 13.0. The Morgan fingerprint density at radius 1 is 1.25 bits per heavy atom. The first-order chi connectivity index (χ1) is 11.2. The molecule has 1 amide bonds. The standard InChI is InChI=1S/C18H22FN3O.ClH/c19-15-5-3-14(4-6-15)16-11-21-12-17(16)18(23)22-9-7-13-2-1-8-20-10-13;/h3-6,11-13,20-21H,1-2,7-10H2,(H,22,23);1H. The highest BCUT2D eigenvalue weighted by Crippen LogP contribution is 2.23. The Bertz CT molecular complexity index is 651. The number of hydrogen-bond acceptors (Lipinski definition) is 2. The number of amides is 1. The zero-order chi connectivity index (χ0) is 16.1. The van der Waals surface area contributed by atoms with E-state index in [1.54, 1.807) is 24.5 Å². The average Bonchev–Trinajstić information content (AvgIpc) is 3.06. The Morgan fingerprint density at radius 2 is 2.04 bits per heavy atom. The van der Waals surface area contributed by atoms with Crippen LogP contribution in [0.2, 0.25) is 0 Å². The second kappa shape index (κ2) is 8.85. The Labute approximate surface area is 147 Å². The molecule has 0 aliphatic carbocycles. The molecular formula is C18H23ClFN3O. The number of benzene rings is 1. The summed E-state index contributed by atoms with van der Waals surface area (Å²) in [6.07, 6.45) is 6.90. The van der Waals surface area contributed by atoms with Gasteiger partial charge in [-0.1, -0.05) is 12.1 Å². The first-order valence-electron chi connectivity index (χ1n) is 8.15. The number of aromatic amines is 1. The van der Waals surface area contributed by atoms with Crippen LogP contribution in [0.15, 0.2) is 36.7 Å². The summed E-state index contributed by atoms with van der Waals surface area (Å²) in [4.78, 5) is 15.4. The number of aromatic nitrogens is 1. The molecule has 0 bridgehead atoms. The summed E-state index contributed by atoms with van der Waals surface area (Å²) in [7, 11) is 0. The number of piperidine rings is 1. The molecule has 1 unspecified atom stereocenters. The number of carbonyl (C=O) groups is 1. The average molecular weight is 352 g/mol. The quantitative estimate of drug-likeness (QED) is 0.773. The summed E-state index contributed by atoms with van der Waals surface area (Å²) < 4.78 is 13.0. The van der Waals surface area contributed by atoms with Crippen LogP contribution in [0.3, 0.4) is 0 Å². The van der Waals surface area contributed by atoms with Crippen LogP contribution in [0, 0.1) is 11.7 Å². The molecule has 1 aliphatic rings. The molecule has 0 saturated carbocycles. The molecule has 130 valence electrons. The van der Waals surface area contributed by atoms with Crippen molar-refractivity contribution in [3.8, 4) is 11.1 Å². The van der Waals surface area contributed by atoms with Crippen LogP contribution in [0.1, 0.15) is 29.6 Å². The molecule has 1 aromatic heterocycles. The van der Waals surface area contributed by atoms with Crippen LogP contribution in [0.4, 0.5) is 4.39 Å². The number of H-pyrrole nitrogens is 1. The fourth-order valence-electron chi connectivity index (χ4n) is 3.08. The summed E-state index contributed by atoms with van der Waals surface area (Å²) in [5, 5.41) is 6.38. The third kappa shape index (κ3) is 4.58. The molecule has 1 aromatic carbocycles. The van der Waals surface area contributed by atoms with E-state index in [1.807, 2.05) is 0 Å². The Hall–Kier alpha value is -1.85. The van der Waals surface area contributed by atoms with E-state index in [2.05, 4.69) is 15.6 Å². The Balaban J connectivity index is 0.00000208. The molecule has 1 aliphatic heterocycles. The molecule has 1 atom stereocenters. The van der Waals surface area contributed by atoms with E-state index < -0.39 is 0 Å². The molecule has 2 heterocycles. The lowest BCUT2D eigenvalue weighted by Crippen LogP contribution is -2.33. The monoisotopic (exact) mass is 351 g/mol. The third-order valence-corrected chi connectivity index (χ3v) is 4.38. The minimum Gasteiger partial charge on any atom is -0.366 e. The van der Waals surface area contributed by atoms with Gasteiger partial charge in [-0.2, -0.15) is 0 Å². The molecule has 1 saturated heterocycles. The smallest absolute Gasteiger partial charge is 0.253 e. The first kappa shape index (κ1) is 18.5. The maximum Gasteiger partial charge on any atom is 0.253 e. The summed E-state index contributed by atoms with van der Waals surface area (Å²) >= 11 is 0. The third-order valence-electron chi connectivity index (χ3n) is 4.38. The number of nitrogens with one attached hydrogen (secondary N) is 3. The SMILES string of the molecule is Cl.O=C(NCCC1CCCNC1)c1c[nH]cc1-c1ccc(F)cc1. The predicted molar refractivity (Wildman–Crippen MR) is 96.0 cm³/mol. The largest absolute Gasteiger partial charge is 0.366 e. The van der Waals surface area contributed by atoms with Gasteiger partial charge in [0.25, 0.3) is 5.91 Å². The Morgan fingerprint density at radius 3 is 2.75 bits per heavy atom. The van der Waals surface area contributed by atoms with Crippen molar-refractivity contribution in [2.24, 2.45) is 5.92 Å². The molecule has 2 aromatic rings. The lowest BCUT2D eigenvalue weighted by atomic mass is 9.96. The summed E-state index contributed by atoms with van der Waals surface area (Å²) in [5.41, 5.74) is 2.22. The topological polar surface area (TPSA) is 56.9 Å². The molecule has 0 spiro atoms. The van der Waals surface area contributed by atoms with Gasteiger partial charge in [-0.15, -0.1) is 12.4 Å². The predicted octanol–water partition coefficient (Wildman–Crippen LogP) is 3.36. The van der Waals surface area contributed by atoms with Gasteiger partial charge >= 0.3 is 0 Å². The number of carbonyl (C=O) groups excluding carboxylic acids is 1. The van der Waals surface area contributed by atoms with Crippen molar-refractivity contribution < 1.29 is 9.18 Å². The zero-order valence-corrected chi connectivity index (χ0v) is 14.3. The molecular weight excluding hydrogens is 329 g/mol. The van der Waals surface area contributed by atoms with Crippen LogP contribution < -0.4 is 10.6 Å². The molecule has 4 nitrogen and oxygen atoms in total. The fourth-order valence-corrected chi connectivity index (χ4v) is 3.08.